The van der Waals surface area contributed by atoms with Gasteiger partial charge < -0.3 is 0 Å². The van der Waals surface area contributed by atoms with Gasteiger partial charge in [-0.05, 0) is 28.1 Å². The van der Waals surface area contributed by atoms with Crippen molar-refractivity contribution in [1.29, 1.82) is 0 Å². The van der Waals surface area contributed by atoms with E-state index < -0.39 is 5.82 Å². The molecule has 0 radical (unpaired) electrons. The normalized spacial score (nSPS) is 10.4. The van der Waals surface area contributed by atoms with Crippen LogP contribution in [0.25, 0.3) is 0 Å². The van der Waals surface area contributed by atoms with Gasteiger partial charge in [0, 0.05) is 18.8 Å². The van der Waals surface area contributed by atoms with Gasteiger partial charge in [-0.15, -0.1) is 0 Å². The first-order chi connectivity index (χ1) is 7.59. The molecule has 16 heavy (non-hydrogen) atoms. The monoisotopic (exact) mass is 282 g/mol. The van der Waals surface area contributed by atoms with Crippen molar-refractivity contribution in [1.82, 2.24) is 9.78 Å². The molecule has 0 saturated carbocycles. The minimum Gasteiger partial charge on any atom is -0.288 e. The lowest BCUT2D eigenvalue weighted by atomic mass is 10.1. The maximum atomic E-state index is 13.2. The summed E-state index contributed by atoms with van der Waals surface area (Å²) in [5, 5.41) is 3.90. The molecule has 0 fully saturated rings. The molecule has 5 heteroatoms. The molecule has 0 unspecified atom stereocenters. The van der Waals surface area contributed by atoms with Crippen LogP contribution in [0.5, 0.6) is 0 Å². The van der Waals surface area contributed by atoms with Gasteiger partial charge in [-0.25, -0.2) is 4.39 Å². The van der Waals surface area contributed by atoms with E-state index in [0.29, 0.717) is 11.1 Å². The van der Waals surface area contributed by atoms with E-state index in [2.05, 4.69) is 21.0 Å². The summed E-state index contributed by atoms with van der Waals surface area (Å²) >= 11 is 3.06. The van der Waals surface area contributed by atoms with Crippen molar-refractivity contribution >= 4 is 21.7 Å². The Hall–Kier alpha value is -1.49. The lowest BCUT2D eigenvalue weighted by Crippen LogP contribution is -2.02. The molecule has 0 aliphatic carbocycles. The van der Waals surface area contributed by atoms with Crippen LogP contribution in [0.3, 0.4) is 0 Å². The fourth-order valence-corrected chi connectivity index (χ4v) is 1.82. The number of ketones is 1. The van der Waals surface area contributed by atoms with Crippen molar-refractivity contribution in [2.45, 2.75) is 0 Å². The molecule has 0 saturated heterocycles. The maximum absolute atomic E-state index is 13.2. The van der Waals surface area contributed by atoms with Crippen LogP contribution in [-0.2, 0) is 7.05 Å². The summed E-state index contributed by atoms with van der Waals surface area (Å²) in [5.74, 6) is -0.700. The van der Waals surface area contributed by atoms with Crippen LogP contribution in [0.2, 0.25) is 0 Å². The molecule has 0 aliphatic heterocycles. The minimum atomic E-state index is -0.449. The van der Waals surface area contributed by atoms with Gasteiger partial charge in [0.25, 0.3) is 0 Å². The molecule has 1 aromatic carbocycles. The number of halogens is 2. The highest BCUT2D eigenvalue weighted by molar-refractivity contribution is 9.10. The first-order valence-corrected chi connectivity index (χ1v) is 5.36. The number of carbonyl (C=O) groups excluding carboxylic acids is 1. The average Bonchev–Trinajstić information content (AvgIpc) is 2.68. The van der Waals surface area contributed by atoms with E-state index in [4.69, 9.17) is 0 Å². The van der Waals surface area contributed by atoms with Gasteiger partial charge in [0.05, 0.1) is 16.2 Å². The second-order valence-corrected chi connectivity index (χ2v) is 4.13. The van der Waals surface area contributed by atoms with Gasteiger partial charge in [-0.2, -0.15) is 5.10 Å². The fourth-order valence-electron chi connectivity index (χ4n) is 1.37. The van der Waals surface area contributed by atoms with Crippen molar-refractivity contribution in [3.05, 3.63) is 52.0 Å². The molecular weight excluding hydrogens is 275 g/mol. The van der Waals surface area contributed by atoms with Crippen molar-refractivity contribution in [3.8, 4) is 0 Å². The van der Waals surface area contributed by atoms with Crippen molar-refractivity contribution in [3.63, 3.8) is 0 Å². The predicted molar refractivity (Wildman–Crippen MR) is 60.7 cm³/mol. The molecular formula is C11H8BrFN2O. The largest absolute Gasteiger partial charge is 0.288 e. The zero-order valence-electron chi connectivity index (χ0n) is 8.45. The number of hydrogen-bond acceptors (Lipinski definition) is 2. The number of carbonyl (C=O) groups is 1. The molecule has 0 spiro atoms. The fraction of sp³-hybridized carbons (Fsp3) is 0.0909. The number of nitrogens with zero attached hydrogens (tertiary/aromatic N) is 2. The molecule has 0 aliphatic rings. The number of hydrogen-bond donors (Lipinski definition) is 0. The van der Waals surface area contributed by atoms with E-state index in [0.717, 1.165) is 0 Å². The van der Waals surface area contributed by atoms with Gasteiger partial charge in [-0.3, -0.25) is 9.48 Å². The Morgan fingerprint density at radius 1 is 1.50 bits per heavy atom. The van der Waals surface area contributed by atoms with E-state index >= 15 is 0 Å². The summed E-state index contributed by atoms with van der Waals surface area (Å²) in [6.45, 7) is 0. The number of benzene rings is 1. The third-order valence-corrected chi connectivity index (χ3v) is 2.97. The summed E-state index contributed by atoms with van der Waals surface area (Å²) in [6, 6.07) is 4.37. The number of aryl methyl sites for hydroxylation is 1. The molecule has 0 amide bonds. The molecule has 2 aromatic rings. The summed E-state index contributed by atoms with van der Waals surface area (Å²) in [4.78, 5) is 12.0. The topological polar surface area (TPSA) is 34.9 Å². The van der Waals surface area contributed by atoms with E-state index in [9.17, 15) is 9.18 Å². The van der Waals surface area contributed by atoms with Gasteiger partial charge in [0.1, 0.15) is 5.82 Å². The molecule has 82 valence electrons. The third kappa shape index (κ3) is 1.90. The standard InChI is InChI=1S/C11H8BrFN2O/c1-15-6-7(5-14-15)11(16)8-3-2-4-9(13)10(8)12/h2-6H,1H3. The Bertz CT molecular complexity index is 551. The predicted octanol–water partition coefficient (Wildman–Crippen LogP) is 2.55. The second-order valence-electron chi connectivity index (χ2n) is 3.33. The molecule has 3 nitrogen and oxygen atoms in total. The molecule has 1 heterocycles. The molecule has 1 aromatic heterocycles. The van der Waals surface area contributed by atoms with Crippen molar-refractivity contribution in [2.24, 2.45) is 7.05 Å². The quantitative estimate of drug-likeness (QED) is 0.794. The summed E-state index contributed by atoms with van der Waals surface area (Å²) in [7, 11) is 1.72. The molecule has 0 bridgehead atoms. The van der Waals surface area contributed by atoms with Gasteiger partial charge in [-0.1, -0.05) is 6.07 Å². The highest BCUT2D eigenvalue weighted by Gasteiger charge is 2.15. The summed E-state index contributed by atoms with van der Waals surface area (Å²) in [5.41, 5.74) is 0.738. The maximum Gasteiger partial charge on any atom is 0.197 e. The van der Waals surface area contributed by atoms with Gasteiger partial charge in [0.2, 0.25) is 0 Å². The highest BCUT2D eigenvalue weighted by atomic mass is 79.9. The van der Waals surface area contributed by atoms with Crippen LogP contribution in [0.1, 0.15) is 15.9 Å². The van der Waals surface area contributed by atoms with Gasteiger partial charge >= 0.3 is 0 Å². The van der Waals surface area contributed by atoms with Gasteiger partial charge in [0.15, 0.2) is 5.78 Å². The number of aromatic nitrogens is 2. The Morgan fingerprint density at radius 3 is 2.88 bits per heavy atom. The van der Waals surface area contributed by atoms with Crippen LogP contribution in [0.15, 0.2) is 35.1 Å². The van der Waals surface area contributed by atoms with Crippen molar-refractivity contribution in [2.75, 3.05) is 0 Å². The smallest absolute Gasteiger partial charge is 0.197 e. The van der Waals surface area contributed by atoms with Crippen LogP contribution in [0.4, 0.5) is 4.39 Å². The lowest BCUT2D eigenvalue weighted by molar-refractivity contribution is 0.103. The second kappa shape index (κ2) is 4.17. The molecule has 0 atom stereocenters. The van der Waals surface area contributed by atoms with E-state index in [1.807, 2.05) is 0 Å². The summed E-state index contributed by atoms with van der Waals surface area (Å²) < 4.78 is 15.0. The highest BCUT2D eigenvalue weighted by Crippen LogP contribution is 2.22. The zero-order valence-corrected chi connectivity index (χ0v) is 10.0. The van der Waals surface area contributed by atoms with E-state index in [1.54, 1.807) is 19.3 Å². The first-order valence-electron chi connectivity index (χ1n) is 4.57. The zero-order chi connectivity index (χ0) is 11.7. The van der Waals surface area contributed by atoms with E-state index in [-0.39, 0.29) is 10.3 Å². The average molecular weight is 283 g/mol. The van der Waals surface area contributed by atoms with Crippen LogP contribution >= 0.6 is 15.9 Å². The first kappa shape index (κ1) is 11.0. The van der Waals surface area contributed by atoms with Crippen LogP contribution in [0, 0.1) is 5.82 Å². The van der Waals surface area contributed by atoms with Crippen molar-refractivity contribution < 1.29 is 9.18 Å². The van der Waals surface area contributed by atoms with Crippen LogP contribution < -0.4 is 0 Å². The number of rotatable bonds is 2. The lowest BCUT2D eigenvalue weighted by Gasteiger charge is -2.02. The SMILES string of the molecule is Cn1cc(C(=O)c2cccc(F)c2Br)cn1. The molecule has 0 N–H and O–H groups in total. The molecule has 2 rings (SSSR count). The van der Waals surface area contributed by atoms with Crippen LogP contribution in [-0.4, -0.2) is 15.6 Å². The Balaban J connectivity index is 2.45. The Kier molecular flexibility index (Phi) is 2.87. The Labute approximate surface area is 100 Å². The van der Waals surface area contributed by atoms with E-state index in [1.165, 1.54) is 23.0 Å². The third-order valence-electron chi connectivity index (χ3n) is 2.16. The summed E-state index contributed by atoms with van der Waals surface area (Å²) in [6.07, 6.45) is 3.05. The minimum absolute atomic E-state index is 0.184. The Morgan fingerprint density at radius 2 is 2.25 bits per heavy atom.